The molecule has 0 aliphatic rings. The van der Waals surface area contributed by atoms with Gasteiger partial charge in [-0.15, -0.1) is 0 Å². The first kappa shape index (κ1) is 8.65. The first-order valence-electron chi connectivity index (χ1n) is 2.41. The molecule has 1 atom stereocenters. The van der Waals surface area contributed by atoms with Crippen LogP contribution >= 0.6 is 15.9 Å². The van der Waals surface area contributed by atoms with Gasteiger partial charge in [0.15, 0.2) is 0 Å². The summed E-state index contributed by atoms with van der Waals surface area (Å²) in [7, 11) is 0. The van der Waals surface area contributed by atoms with Gasteiger partial charge >= 0.3 is 0 Å². The second kappa shape index (κ2) is 3.63. The van der Waals surface area contributed by atoms with Crippen LogP contribution in [0.1, 0.15) is 6.42 Å². The van der Waals surface area contributed by atoms with Crippen molar-refractivity contribution in [2.75, 3.05) is 0 Å². The number of hydrogen-bond acceptors (Lipinski definition) is 2. The quantitative estimate of drug-likeness (QED) is 0.603. The molecule has 0 rings (SSSR count). The lowest BCUT2D eigenvalue weighted by atomic mass is 10.2. The first-order chi connectivity index (χ1) is 4.04. The smallest absolute Gasteiger partial charge is 0.129 e. The van der Waals surface area contributed by atoms with E-state index in [2.05, 4.69) is 28.2 Å². The molecule has 0 unspecified atom stereocenters. The Morgan fingerprint density at radius 3 is 2.44 bits per heavy atom. The molecule has 0 saturated heterocycles. The van der Waals surface area contributed by atoms with E-state index < -0.39 is 12.0 Å². The number of hydrogen-bond donors (Lipinski definition) is 1. The third kappa shape index (κ3) is 4.17. The summed E-state index contributed by atoms with van der Waals surface area (Å²) in [5, 5.41) is 10.00. The minimum Gasteiger partial charge on any atom is -0.544 e. The average Bonchev–Trinajstić information content (AvgIpc) is 1.63. The van der Waals surface area contributed by atoms with Crippen LogP contribution in [0, 0.1) is 0 Å². The van der Waals surface area contributed by atoms with Crippen LogP contribution in [0.4, 0.5) is 0 Å². The Labute approximate surface area is 61.7 Å². The molecular formula is C5H8BrNO2. The molecule has 0 aromatic rings. The molecule has 0 aromatic carbocycles. The molecular weight excluding hydrogens is 186 g/mol. The summed E-state index contributed by atoms with van der Waals surface area (Å²) in [6, 6.07) is -0.697. The van der Waals surface area contributed by atoms with Crippen LogP contribution in [0.3, 0.4) is 0 Å². The average molecular weight is 194 g/mol. The Balaban J connectivity index is 3.63. The van der Waals surface area contributed by atoms with E-state index >= 15 is 0 Å². The number of quaternary nitrogens is 1. The summed E-state index contributed by atoms with van der Waals surface area (Å²) >= 11 is 3.02. The molecule has 0 aromatic heterocycles. The second-order valence-electron chi connectivity index (χ2n) is 1.74. The fraction of sp³-hybridized carbons (Fsp3) is 0.400. The number of carboxylic acid groups (broad SMARTS) is 1. The highest BCUT2D eigenvalue weighted by Gasteiger charge is 2.06. The SMILES string of the molecule is C=C(Br)C[C@@H]([NH3+])C(=O)[O-]. The Bertz CT molecular complexity index is 135. The van der Waals surface area contributed by atoms with Gasteiger partial charge in [-0.2, -0.15) is 0 Å². The van der Waals surface area contributed by atoms with Gasteiger partial charge < -0.3 is 15.6 Å². The zero-order valence-corrected chi connectivity index (χ0v) is 6.48. The number of carbonyl (C=O) groups excluding carboxylic acids is 1. The maximum Gasteiger partial charge on any atom is 0.129 e. The number of rotatable bonds is 3. The van der Waals surface area contributed by atoms with Crippen LogP contribution in [0.5, 0.6) is 0 Å². The number of halogens is 1. The van der Waals surface area contributed by atoms with Crippen molar-refractivity contribution in [1.29, 1.82) is 0 Å². The number of aliphatic carboxylic acids is 1. The third-order valence-corrected chi connectivity index (χ3v) is 1.12. The molecule has 0 aliphatic carbocycles. The first-order valence-corrected chi connectivity index (χ1v) is 3.20. The monoisotopic (exact) mass is 193 g/mol. The summed E-state index contributed by atoms with van der Waals surface area (Å²) in [4.78, 5) is 10.00. The van der Waals surface area contributed by atoms with Crippen molar-refractivity contribution in [3.8, 4) is 0 Å². The maximum atomic E-state index is 10.00. The maximum absolute atomic E-state index is 10.00. The highest BCUT2D eigenvalue weighted by molar-refractivity contribution is 9.11. The van der Waals surface area contributed by atoms with E-state index in [4.69, 9.17) is 0 Å². The normalized spacial score (nSPS) is 12.7. The molecule has 4 heteroatoms. The van der Waals surface area contributed by atoms with E-state index in [9.17, 15) is 9.90 Å². The number of carbonyl (C=O) groups is 1. The molecule has 0 spiro atoms. The van der Waals surface area contributed by atoms with Crippen LogP contribution in [0.2, 0.25) is 0 Å². The fourth-order valence-electron chi connectivity index (χ4n) is 0.351. The van der Waals surface area contributed by atoms with Gasteiger partial charge in [-0.1, -0.05) is 22.5 Å². The van der Waals surface area contributed by atoms with Crippen molar-refractivity contribution in [2.45, 2.75) is 12.5 Å². The van der Waals surface area contributed by atoms with Crippen molar-refractivity contribution in [3.05, 3.63) is 11.1 Å². The van der Waals surface area contributed by atoms with E-state index in [1.165, 1.54) is 0 Å². The van der Waals surface area contributed by atoms with E-state index in [0.717, 1.165) is 0 Å². The Hall–Kier alpha value is -0.350. The van der Waals surface area contributed by atoms with Crippen LogP contribution in [0.25, 0.3) is 0 Å². The molecule has 9 heavy (non-hydrogen) atoms. The fourth-order valence-corrected chi connectivity index (χ4v) is 0.741. The lowest BCUT2D eigenvalue weighted by molar-refractivity contribution is -0.436. The predicted molar refractivity (Wildman–Crippen MR) is 34.4 cm³/mol. The van der Waals surface area contributed by atoms with Gasteiger partial charge in [-0.25, -0.2) is 0 Å². The molecule has 0 radical (unpaired) electrons. The zero-order chi connectivity index (χ0) is 7.44. The van der Waals surface area contributed by atoms with Gasteiger partial charge in [0.25, 0.3) is 0 Å². The van der Waals surface area contributed by atoms with Gasteiger partial charge in [0.2, 0.25) is 0 Å². The minimum atomic E-state index is -1.14. The molecule has 3 N–H and O–H groups in total. The van der Waals surface area contributed by atoms with Gasteiger partial charge in [0.05, 0.1) is 5.97 Å². The standard InChI is InChI=1S/C5H8BrNO2/c1-3(6)2-4(7)5(8)9/h4H,1-2,7H2,(H,8,9)/t4-/m1/s1. The second-order valence-corrected chi connectivity index (χ2v) is 2.86. The van der Waals surface area contributed by atoms with Crippen molar-refractivity contribution < 1.29 is 15.6 Å². The van der Waals surface area contributed by atoms with Crippen molar-refractivity contribution >= 4 is 21.9 Å². The summed E-state index contributed by atoms with van der Waals surface area (Å²) in [6.07, 6.45) is 0.322. The lowest BCUT2D eigenvalue weighted by Gasteiger charge is -2.06. The summed E-state index contributed by atoms with van der Waals surface area (Å²) in [6.45, 7) is 3.46. The van der Waals surface area contributed by atoms with Crippen LogP contribution in [-0.2, 0) is 4.79 Å². The molecule has 3 nitrogen and oxygen atoms in total. The zero-order valence-electron chi connectivity index (χ0n) is 4.89. The molecule has 0 heterocycles. The van der Waals surface area contributed by atoms with Crippen LogP contribution in [-0.4, -0.2) is 12.0 Å². The molecule has 0 aliphatic heterocycles. The lowest BCUT2D eigenvalue weighted by Crippen LogP contribution is -2.68. The third-order valence-electron chi connectivity index (χ3n) is 0.801. The summed E-state index contributed by atoms with van der Waals surface area (Å²) in [5.41, 5.74) is 3.32. The molecule has 0 amide bonds. The van der Waals surface area contributed by atoms with Crippen LogP contribution in [0.15, 0.2) is 11.1 Å². The van der Waals surface area contributed by atoms with Crippen molar-refractivity contribution in [2.24, 2.45) is 0 Å². The number of carboxylic acids is 1. The predicted octanol–water partition coefficient (Wildman–Crippen LogP) is -1.35. The molecule has 0 saturated carbocycles. The largest absolute Gasteiger partial charge is 0.544 e. The van der Waals surface area contributed by atoms with Crippen LogP contribution < -0.4 is 10.8 Å². The highest BCUT2D eigenvalue weighted by Crippen LogP contribution is 2.06. The highest BCUT2D eigenvalue weighted by atomic mass is 79.9. The minimum absolute atomic E-state index is 0.322. The molecule has 0 fully saturated rings. The van der Waals surface area contributed by atoms with E-state index in [0.29, 0.717) is 10.9 Å². The Morgan fingerprint density at radius 1 is 1.89 bits per heavy atom. The van der Waals surface area contributed by atoms with E-state index in [-0.39, 0.29) is 0 Å². The van der Waals surface area contributed by atoms with E-state index in [1.807, 2.05) is 0 Å². The summed E-state index contributed by atoms with van der Waals surface area (Å²) in [5.74, 6) is -1.14. The van der Waals surface area contributed by atoms with E-state index in [1.54, 1.807) is 0 Å². The van der Waals surface area contributed by atoms with Gasteiger partial charge in [0.1, 0.15) is 6.04 Å². The topological polar surface area (TPSA) is 67.8 Å². The molecule has 52 valence electrons. The Kier molecular flexibility index (Phi) is 3.49. The van der Waals surface area contributed by atoms with Crippen molar-refractivity contribution in [3.63, 3.8) is 0 Å². The van der Waals surface area contributed by atoms with Crippen molar-refractivity contribution in [1.82, 2.24) is 0 Å². The van der Waals surface area contributed by atoms with Gasteiger partial charge in [-0.05, 0) is 4.48 Å². The van der Waals surface area contributed by atoms with Gasteiger partial charge in [-0.3, -0.25) is 0 Å². The molecule has 0 bridgehead atoms. The Morgan fingerprint density at radius 2 is 2.33 bits per heavy atom. The van der Waals surface area contributed by atoms with Gasteiger partial charge in [0, 0.05) is 6.42 Å². The summed E-state index contributed by atoms with van der Waals surface area (Å²) < 4.78 is 0.631.